The standard InChI is InChI=1S/C16H18ClN3O4/c1-11(15(21)19-16(10-18)7-3-2-4-8-16)24-14-6-5-12(20(22)23)9-13(14)17/h5-6,9,11H,2-4,7-8H2,1H3,(H,19,21)/t11-/m1/s1. The molecule has 1 aliphatic rings. The third-order valence-electron chi connectivity index (χ3n) is 4.08. The first-order valence-corrected chi connectivity index (χ1v) is 8.08. The molecule has 0 bridgehead atoms. The fraction of sp³-hybridized carbons (Fsp3) is 0.500. The van der Waals surface area contributed by atoms with Crippen LogP contribution in [0.2, 0.25) is 5.02 Å². The van der Waals surface area contributed by atoms with Crippen LogP contribution in [-0.4, -0.2) is 22.5 Å². The Labute approximate surface area is 144 Å². The van der Waals surface area contributed by atoms with Crippen molar-refractivity contribution in [3.63, 3.8) is 0 Å². The van der Waals surface area contributed by atoms with E-state index >= 15 is 0 Å². The van der Waals surface area contributed by atoms with E-state index in [1.807, 2.05) is 0 Å². The van der Waals surface area contributed by atoms with Crippen LogP contribution < -0.4 is 10.1 Å². The van der Waals surface area contributed by atoms with E-state index in [0.29, 0.717) is 12.8 Å². The van der Waals surface area contributed by atoms with Crippen LogP contribution in [-0.2, 0) is 4.79 Å². The van der Waals surface area contributed by atoms with Crippen LogP contribution in [0.1, 0.15) is 39.0 Å². The van der Waals surface area contributed by atoms with Gasteiger partial charge < -0.3 is 10.1 Å². The minimum Gasteiger partial charge on any atom is -0.479 e. The lowest BCUT2D eigenvalue weighted by molar-refractivity contribution is -0.384. The Hall–Kier alpha value is -2.33. The molecule has 2 rings (SSSR count). The van der Waals surface area contributed by atoms with Gasteiger partial charge in [-0.3, -0.25) is 14.9 Å². The summed E-state index contributed by atoms with van der Waals surface area (Å²) in [6, 6.07) is 5.98. The SMILES string of the molecule is C[C@@H](Oc1ccc([N+](=O)[O-])cc1Cl)C(=O)NC1(C#N)CCCCC1. The number of hydrogen-bond donors (Lipinski definition) is 1. The summed E-state index contributed by atoms with van der Waals surface area (Å²) in [6.45, 7) is 1.54. The summed E-state index contributed by atoms with van der Waals surface area (Å²) in [5.41, 5.74) is -0.998. The predicted octanol–water partition coefficient (Wildman–Crippen LogP) is 3.36. The number of benzene rings is 1. The molecule has 1 amide bonds. The number of nitrogens with one attached hydrogen (secondary N) is 1. The fourth-order valence-electron chi connectivity index (χ4n) is 2.70. The number of ether oxygens (including phenoxy) is 1. The summed E-state index contributed by atoms with van der Waals surface area (Å²) >= 11 is 5.96. The Bertz CT molecular complexity index is 680. The molecule has 0 radical (unpaired) electrons. The molecule has 1 aromatic carbocycles. The number of rotatable bonds is 5. The van der Waals surface area contributed by atoms with Crippen LogP contribution >= 0.6 is 11.6 Å². The van der Waals surface area contributed by atoms with Crippen LogP contribution in [0.25, 0.3) is 0 Å². The molecule has 24 heavy (non-hydrogen) atoms. The second-order valence-electron chi connectivity index (χ2n) is 5.88. The predicted molar refractivity (Wildman–Crippen MR) is 87.8 cm³/mol. The second-order valence-corrected chi connectivity index (χ2v) is 6.28. The molecule has 0 aliphatic heterocycles. The van der Waals surface area contributed by atoms with E-state index in [-0.39, 0.29) is 16.5 Å². The minimum absolute atomic E-state index is 0.0523. The number of halogens is 1. The van der Waals surface area contributed by atoms with Crippen molar-refractivity contribution in [3.8, 4) is 11.8 Å². The van der Waals surface area contributed by atoms with E-state index in [2.05, 4.69) is 11.4 Å². The minimum atomic E-state index is -0.879. The molecule has 1 atom stereocenters. The van der Waals surface area contributed by atoms with Crippen LogP contribution in [0.4, 0.5) is 5.69 Å². The smallest absolute Gasteiger partial charge is 0.271 e. The Kier molecular flexibility index (Phi) is 5.62. The average molecular weight is 352 g/mol. The molecule has 1 saturated carbocycles. The van der Waals surface area contributed by atoms with E-state index in [9.17, 15) is 20.2 Å². The van der Waals surface area contributed by atoms with Crippen molar-refractivity contribution in [2.45, 2.75) is 50.7 Å². The highest BCUT2D eigenvalue weighted by Crippen LogP contribution is 2.30. The lowest BCUT2D eigenvalue weighted by Crippen LogP contribution is -2.52. The summed E-state index contributed by atoms with van der Waals surface area (Å²) in [6.07, 6.45) is 3.23. The number of nitro benzene ring substituents is 1. The Balaban J connectivity index is 2.04. The number of amides is 1. The highest BCUT2D eigenvalue weighted by atomic mass is 35.5. The van der Waals surface area contributed by atoms with Gasteiger partial charge in [-0.15, -0.1) is 0 Å². The lowest BCUT2D eigenvalue weighted by Gasteiger charge is -2.32. The average Bonchev–Trinajstić information content (AvgIpc) is 2.57. The molecule has 7 nitrogen and oxygen atoms in total. The van der Waals surface area contributed by atoms with E-state index in [1.54, 1.807) is 6.92 Å². The fourth-order valence-corrected chi connectivity index (χ4v) is 2.92. The van der Waals surface area contributed by atoms with Crippen molar-refractivity contribution < 1.29 is 14.5 Å². The molecule has 0 spiro atoms. The Morgan fingerprint density at radius 2 is 2.12 bits per heavy atom. The van der Waals surface area contributed by atoms with Gasteiger partial charge in [0.1, 0.15) is 11.3 Å². The van der Waals surface area contributed by atoms with Gasteiger partial charge in [-0.1, -0.05) is 30.9 Å². The molecular weight excluding hydrogens is 334 g/mol. The topological polar surface area (TPSA) is 105 Å². The van der Waals surface area contributed by atoms with Gasteiger partial charge >= 0.3 is 0 Å². The van der Waals surface area contributed by atoms with Crippen molar-refractivity contribution in [2.24, 2.45) is 0 Å². The van der Waals surface area contributed by atoms with E-state index in [1.165, 1.54) is 18.2 Å². The number of nitro groups is 1. The summed E-state index contributed by atoms with van der Waals surface area (Å²) in [4.78, 5) is 22.5. The molecule has 0 aromatic heterocycles. The zero-order valence-corrected chi connectivity index (χ0v) is 14.0. The summed E-state index contributed by atoms with van der Waals surface area (Å²) in [5, 5.41) is 22.9. The van der Waals surface area contributed by atoms with E-state index < -0.39 is 22.5 Å². The molecule has 8 heteroatoms. The largest absolute Gasteiger partial charge is 0.479 e. The second kappa shape index (κ2) is 7.49. The summed E-state index contributed by atoms with van der Waals surface area (Å²) in [5.74, 6) is -0.229. The number of hydrogen-bond acceptors (Lipinski definition) is 5. The number of carbonyl (C=O) groups excluding carboxylic acids is 1. The van der Waals surface area contributed by atoms with Gasteiger partial charge in [0, 0.05) is 12.1 Å². The maximum absolute atomic E-state index is 12.3. The van der Waals surface area contributed by atoms with Crippen molar-refractivity contribution in [1.29, 1.82) is 5.26 Å². The maximum Gasteiger partial charge on any atom is 0.271 e. The zero-order chi connectivity index (χ0) is 17.7. The van der Waals surface area contributed by atoms with Gasteiger partial charge in [-0.05, 0) is 25.8 Å². The van der Waals surface area contributed by atoms with E-state index in [4.69, 9.17) is 16.3 Å². The molecular formula is C16H18ClN3O4. The Morgan fingerprint density at radius 3 is 2.67 bits per heavy atom. The number of non-ortho nitro benzene ring substituents is 1. The number of nitriles is 1. The van der Waals surface area contributed by atoms with Gasteiger partial charge in [0.25, 0.3) is 11.6 Å². The molecule has 1 aromatic rings. The van der Waals surface area contributed by atoms with Crippen molar-refractivity contribution in [2.75, 3.05) is 0 Å². The first-order chi connectivity index (χ1) is 11.4. The first kappa shape index (κ1) is 18.0. The highest BCUT2D eigenvalue weighted by molar-refractivity contribution is 6.32. The maximum atomic E-state index is 12.3. The molecule has 128 valence electrons. The normalized spacial score (nSPS) is 17.4. The highest BCUT2D eigenvalue weighted by Gasteiger charge is 2.35. The van der Waals surface area contributed by atoms with Gasteiger partial charge in [-0.25, -0.2) is 0 Å². The van der Waals surface area contributed by atoms with Crippen LogP contribution in [0.3, 0.4) is 0 Å². The summed E-state index contributed by atoms with van der Waals surface area (Å²) < 4.78 is 5.50. The molecule has 0 heterocycles. The Morgan fingerprint density at radius 1 is 1.46 bits per heavy atom. The van der Waals surface area contributed by atoms with Gasteiger partial charge in [0.05, 0.1) is 16.0 Å². The number of nitrogens with zero attached hydrogens (tertiary/aromatic N) is 2. The van der Waals surface area contributed by atoms with Crippen molar-refractivity contribution in [3.05, 3.63) is 33.3 Å². The van der Waals surface area contributed by atoms with Crippen LogP contribution in [0, 0.1) is 21.4 Å². The summed E-state index contributed by atoms with van der Waals surface area (Å²) in [7, 11) is 0. The molecule has 1 fully saturated rings. The van der Waals surface area contributed by atoms with Crippen LogP contribution in [0.15, 0.2) is 18.2 Å². The molecule has 0 saturated heterocycles. The number of carbonyl (C=O) groups is 1. The quantitative estimate of drug-likeness (QED) is 0.646. The lowest BCUT2D eigenvalue weighted by atomic mass is 9.83. The molecule has 1 N–H and O–H groups in total. The first-order valence-electron chi connectivity index (χ1n) is 7.71. The third-order valence-corrected chi connectivity index (χ3v) is 4.38. The molecule has 0 unspecified atom stereocenters. The zero-order valence-electron chi connectivity index (χ0n) is 13.3. The van der Waals surface area contributed by atoms with Gasteiger partial charge in [-0.2, -0.15) is 5.26 Å². The van der Waals surface area contributed by atoms with Crippen molar-refractivity contribution in [1.82, 2.24) is 5.32 Å². The van der Waals surface area contributed by atoms with Gasteiger partial charge in [0.15, 0.2) is 6.10 Å². The van der Waals surface area contributed by atoms with Crippen molar-refractivity contribution >= 4 is 23.2 Å². The van der Waals surface area contributed by atoms with E-state index in [0.717, 1.165) is 19.3 Å². The molecule has 1 aliphatic carbocycles. The third kappa shape index (κ3) is 4.15. The monoisotopic (exact) mass is 351 g/mol. The van der Waals surface area contributed by atoms with Gasteiger partial charge in [0.2, 0.25) is 0 Å². The van der Waals surface area contributed by atoms with Crippen LogP contribution in [0.5, 0.6) is 5.75 Å².